The van der Waals surface area contributed by atoms with Crippen molar-refractivity contribution < 1.29 is 9.53 Å². The van der Waals surface area contributed by atoms with E-state index in [2.05, 4.69) is 0 Å². The molecule has 0 aliphatic heterocycles. The minimum absolute atomic E-state index is 0.255. The fourth-order valence-electron chi connectivity index (χ4n) is 1.96. The van der Waals surface area contributed by atoms with Gasteiger partial charge in [0.05, 0.1) is 11.7 Å². The van der Waals surface area contributed by atoms with Crippen LogP contribution in [0.1, 0.15) is 36.0 Å². The average molecular weight is 205 g/mol. The highest BCUT2D eigenvalue weighted by Crippen LogP contribution is 2.26. The first-order valence-electron chi connectivity index (χ1n) is 5.33. The summed E-state index contributed by atoms with van der Waals surface area (Å²) in [5, 5.41) is 0. The largest absolute Gasteiger partial charge is 0.490 e. The van der Waals surface area contributed by atoms with Gasteiger partial charge in [0.1, 0.15) is 5.75 Å². The van der Waals surface area contributed by atoms with E-state index in [1.165, 1.54) is 12.8 Å². The van der Waals surface area contributed by atoms with Crippen LogP contribution < -0.4 is 10.5 Å². The van der Waals surface area contributed by atoms with Gasteiger partial charge in [-0.15, -0.1) is 0 Å². The molecule has 1 fully saturated rings. The van der Waals surface area contributed by atoms with Gasteiger partial charge in [-0.3, -0.25) is 4.79 Å². The van der Waals surface area contributed by atoms with Crippen LogP contribution in [0.15, 0.2) is 24.3 Å². The Hall–Kier alpha value is -1.51. The molecule has 3 nitrogen and oxygen atoms in total. The lowest BCUT2D eigenvalue weighted by Gasteiger charge is -2.14. The Morgan fingerprint density at radius 3 is 2.60 bits per heavy atom. The highest BCUT2D eigenvalue weighted by Gasteiger charge is 2.18. The molecule has 0 radical (unpaired) electrons. The van der Waals surface area contributed by atoms with Crippen molar-refractivity contribution >= 4 is 5.91 Å². The van der Waals surface area contributed by atoms with Gasteiger partial charge in [0.25, 0.3) is 5.91 Å². The third-order valence-corrected chi connectivity index (χ3v) is 2.75. The van der Waals surface area contributed by atoms with Crippen LogP contribution >= 0.6 is 0 Å². The summed E-state index contributed by atoms with van der Waals surface area (Å²) < 4.78 is 5.77. The van der Waals surface area contributed by atoms with E-state index in [1.54, 1.807) is 18.2 Å². The van der Waals surface area contributed by atoms with Crippen molar-refractivity contribution in [1.29, 1.82) is 0 Å². The van der Waals surface area contributed by atoms with E-state index in [1.807, 2.05) is 6.07 Å². The first-order valence-corrected chi connectivity index (χ1v) is 5.33. The van der Waals surface area contributed by atoms with Crippen molar-refractivity contribution in [1.82, 2.24) is 0 Å². The van der Waals surface area contributed by atoms with Gasteiger partial charge in [-0.2, -0.15) is 0 Å². The molecule has 0 aromatic heterocycles. The Bertz CT molecular complexity index is 356. The summed E-state index contributed by atoms with van der Waals surface area (Å²) in [5.41, 5.74) is 5.75. The standard InChI is InChI=1S/C12H15NO2/c13-12(14)10-7-3-4-8-11(10)15-9-5-1-2-6-9/h3-4,7-9H,1-2,5-6H2,(H2,13,14). The number of carbonyl (C=O) groups is 1. The van der Waals surface area contributed by atoms with Crippen molar-refractivity contribution in [2.75, 3.05) is 0 Å². The topological polar surface area (TPSA) is 52.3 Å². The molecule has 3 heteroatoms. The number of benzene rings is 1. The molecular formula is C12H15NO2. The van der Waals surface area contributed by atoms with Gasteiger partial charge >= 0.3 is 0 Å². The molecule has 1 aromatic carbocycles. The molecule has 2 N–H and O–H groups in total. The molecular weight excluding hydrogens is 190 g/mol. The predicted molar refractivity (Wildman–Crippen MR) is 57.8 cm³/mol. The van der Waals surface area contributed by atoms with E-state index < -0.39 is 5.91 Å². The highest BCUT2D eigenvalue weighted by molar-refractivity contribution is 5.95. The molecule has 0 unspecified atom stereocenters. The lowest BCUT2D eigenvalue weighted by atomic mass is 10.2. The third kappa shape index (κ3) is 2.29. The van der Waals surface area contributed by atoms with E-state index in [4.69, 9.17) is 10.5 Å². The fraction of sp³-hybridized carbons (Fsp3) is 0.417. The van der Waals surface area contributed by atoms with Crippen molar-refractivity contribution in [3.05, 3.63) is 29.8 Å². The Morgan fingerprint density at radius 2 is 1.93 bits per heavy atom. The number of amides is 1. The Labute approximate surface area is 89.2 Å². The fourth-order valence-corrected chi connectivity index (χ4v) is 1.96. The summed E-state index contributed by atoms with van der Waals surface area (Å²) >= 11 is 0. The number of primary amides is 1. The van der Waals surface area contributed by atoms with Crippen molar-refractivity contribution in [2.45, 2.75) is 31.8 Å². The van der Waals surface area contributed by atoms with Crippen LogP contribution in [0.5, 0.6) is 5.75 Å². The zero-order chi connectivity index (χ0) is 10.7. The minimum Gasteiger partial charge on any atom is -0.490 e. The average Bonchev–Trinajstić information content (AvgIpc) is 2.71. The molecule has 1 amide bonds. The second-order valence-electron chi connectivity index (χ2n) is 3.88. The first-order chi connectivity index (χ1) is 7.27. The lowest BCUT2D eigenvalue weighted by molar-refractivity contribution is 0.0993. The van der Waals surface area contributed by atoms with Crippen LogP contribution in [0, 0.1) is 0 Å². The molecule has 1 saturated carbocycles. The number of nitrogens with two attached hydrogens (primary N) is 1. The summed E-state index contributed by atoms with van der Waals surface area (Å²) in [5.74, 6) is 0.195. The third-order valence-electron chi connectivity index (χ3n) is 2.75. The van der Waals surface area contributed by atoms with Gasteiger partial charge in [0.2, 0.25) is 0 Å². The SMILES string of the molecule is NC(=O)c1ccccc1OC1CCCC1. The molecule has 1 aliphatic carbocycles. The van der Waals surface area contributed by atoms with Gasteiger partial charge in [-0.1, -0.05) is 12.1 Å². The number of para-hydroxylation sites is 1. The monoisotopic (exact) mass is 205 g/mol. The van der Waals surface area contributed by atoms with E-state index in [0.29, 0.717) is 11.3 Å². The van der Waals surface area contributed by atoms with Crippen LogP contribution in [0.3, 0.4) is 0 Å². The van der Waals surface area contributed by atoms with Crippen LogP contribution in [-0.2, 0) is 0 Å². The second kappa shape index (κ2) is 4.34. The number of ether oxygens (including phenoxy) is 1. The Balaban J connectivity index is 2.15. The number of hydrogen-bond donors (Lipinski definition) is 1. The van der Waals surface area contributed by atoms with Gasteiger partial charge < -0.3 is 10.5 Å². The lowest BCUT2D eigenvalue weighted by Crippen LogP contribution is -2.17. The van der Waals surface area contributed by atoms with Crippen molar-refractivity contribution in [3.8, 4) is 5.75 Å². The zero-order valence-electron chi connectivity index (χ0n) is 8.61. The van der Waals surface area contributed by atoms with Crippen molar-refractivity contribution in [2.24, 2.45) is 5.73 Å². The molecule has 0 atom stereocenters. The van der Waals surface area contributed by atoms with E-state index in [-0.39, 0.29) is 6.10 Å². The molecule has 1 aromatic rings. The van der Waals surface area contributed by atoms with Gasteiger partial charge in [0.15, 0.2) is 0 Å². The normalized spacial score (nSPS) is 16.5. The first kappa shape index (κ1) is 10.0. The minimum atomic E-state index is -0.427. The molecule has 0 heterocycles. The summed E-state index contributed by atoms with van der Waals surface area (Å²) in [7, 11) is 0. The Morgan fingerprint density at radius 1 is 1.27 bits per heavy atom. The molecule has 0 saturated heterocycles. The smallest absolute Gasteiger partial charge is 0.252 e. The maximum Gasteiger partial charge on any atom is 0.252 e. The summed E-state index contributed by atoms with van der Waals surface area (Å²) in [6.07, 6.45) is 4.83. The molecule has 80 valence electrons. The summed E-state index contributed by atoms with van der Waals surface area (Å²) in [6.45, 7) is 0. The van der Waals surface area contributed by atoms with E-state index >= 15 is 0 Å². The van der Waals surface area contributed by atoms with Gasteiger partial charge in [-0.05, 0) is 37.8 Å². The Kier molecular flexibility index (Phi) is 2.90. The predicted octanol–water partition coefficient (Wildman–Crippen LogP) is 2.11. The maximum absolute atomic E-state index is 11.1. The molecule has 15 heavy (non-hydrogen) atoms. The maximum atomic E-state index is 11.1. The van der Waals surface area contributed by atoms with Crippen LogP contribution in [-0.4, -0.2) is 12.0 Å². The summed E-state index contributed by atoms with van der Waals surface area (Å²) in [6, 6.07) is 7.16. The van der Waals surface area contributed by atoms with E-state index in [9.17, 15) is 4.79 Å². The van der Waals surface area contributed by atoms with Crippen LogP contribution in [0.25, 0.3) is 0 Å². The van der Waals surface area contributed by atoms with Crippen LogP contribution in [0.2, 0.25) is 0 Å². The molecule has 0 bridgehead atoms. The van der Waals surface area contributed by atoms with Gasteiger partial charge in [-0.25, -0.2) is 0 Å². The molecule has 2 rings (SSSR count). The zero-order valence-corrected chi connectivity index (χ0v) is 8.61. The number of rotatable bonds is 3. The van der Waals surface area contributed by atoms with Crippen LogP contribution in [0.4, 0.5) is 0 Å². The summed E-state index contributed by atoms with van der Waals surface area (Å²) in [4.78, 5) is 11.1. The quantitative estimate of drug-likeness (QED) is 0.821. The number of hydrogen-bond acceptors (Lipinski definition) is 2. The van der Waals surface area contributed by atoms with Crippen molar-refractivity contribution in [3.63, 3.8) is 0 Å². The van der Waals surface area contributed by atoms with E-state index in [0.717, 1.165) is 12.8 Å². The molecule has 0 spiro atoms. The highest BCUT2D eigenvalue weighted by atomic mass is 16.5. The number of carbonyl (C=O) groups excluding carboxylic acids is 1. The molecule has 1 aliphatic rings. The second-order valence-corrected chi connectivity index (χ2v) is 3.88. The van der Waals surface area contributed by atoms with Gasteiger partial charge in [0, 0.05) is 0 Å².